The first-order valence-corrected chi connectivity index (χ1v) is 6.46. The largest absolute Gasteiger partial charge is 0.496 e. The van der Waals surface area contributed by atoms with E-state index in [1.165, 1.54) is 28.4 Å². The van der Waals surface area contributed by atoms with Crippen molar-refractivity contribution < 1.29 is 4.74 Å². The third-order valence-electron chi connectivity index (χ3n) is 2.88. The van der Waals surface area contributed by atoms with Gasteiger partial charge in [-0.15, -0.1) is 0 Å². The van der Waals surface area contributed by atoms with Gasteiger partial charge in [-0.05, 0) is 60.2 Å². The summed E-state index contributed by atoms with van der Waals surface area (Å²) in [6.07, 6.45) is 3.82. The first-order valence-electron chi connectivity index (χ1n) is 5.38. The Labute approximate surface area is 105 Å². The Morgan fingerprint density at radius 2 is 2.27 bits per heavy atom. The van der Waals surface area contributed by atoms with E-state index in [9.17, 15) is 0 Å². The lowest BCUT2D eigenvalue weighted by Crippen LogP contribution is -2.27. The molecule has 1 N–H and O–H groups in total. The minimum absolute atomic E-state index is 0.475. The van der Waals surface area contributed by atoms with E-state index < -0.39 is 0 Å². The molecule has 1 fully saturated rings. The Hall–Kier alpha value is -0.290. The van der Waals surface area contributed by atoms with Crippen LogP contribution in [0, 0.1) is 3.57 Å². The van der Waals surface area contributed by atoms with Gasteiger partial charge >= 0.3 is 0 Å². The van der Waals surface area contributed by atoms with Crippen LogP contribution >= 0.6 is 22.6 Å². The molecule has 3 heteroatoms. The average molecular weight is 317 g/mol. The monoisotopic (exact) mass is 317 g/mol. The summed E-state index contributed by atoms with van der Waals surface area (Å²) in [5, 5.41) is 3.55. The fourth-order valence-electron chi connectivity index (χ4n) is 2.09. The van der Waals surface area contributed by atoms with Crippen LogP contribution < -0.4 is 10.1 Å². The summed E-state index contributed by atoms with van der Waals surface area (Å²) in [6, 6.07) is 6.85. The maximum Gasteiger partial charge on any atom is 0.123 e. The molecule has 82 valence electrons. The molecule has 0 bridgehead atoms. The van der Waals surface area contributed by atoms with E-state index in [-0.39, 0.29) is 0 Å². The SMILES string of the molecule is COc1ccc(I)cc1[C@H]1CCCCN1. The Bertz CT molecular complexity index is 334. The summed E-state index contributed by atoms with van der Waals surface area (Å²) < 4.78 is 6.68. The molecule has 1 heterocycles. The van der Waals surface area contributed by atoms with Crippen molar-refractivity contribution in [2.45, 2.75) is 25.3 Å². The lowest BCUT2D eigenvalue weighted by Gasteiger charge is -2.25. The summed E-state index contributed by atoms with van der Waals surface area (Å²) in [4.78, 5) is 0. The highest BCUT2D eigenvalue weighted by Gasteiger charge is 2.18. The summed E-state index contributed by atoms with van der Waals surface area (Å²) in [6.45, 7) is 1.12. The Morgan fingerprint density at radius 3 is 2.93 bits per heavy atom. The van der Waals surface area contributed by atoms with Crippen LogP contribution in [-0.2, 0) is 0 Å². The summed E-state index contributed by atoms with van der Waals surface area (Å²) in [7, 11) is 1.74. The lowest BCUT2D eigenvalue weighted by molar-refractivity contribution is 0.373. The van der Waals surface area contributed by atoms with E-state index in [2.05, 4.69) is 46.1 Å². The molecule has 1 aliphatic heterocycles. The molecule has 2 rings (SSSR count). The molecule has 2 nitrogen and oxygen atoms in total. The van der Waals surface area contributed by atoms with Crippen molar-refractivity contribution in [2.24, 2.45) is 0 Å². The Balaban J connectivity index is 2.27. The summed E-state index contributed by atoms with van der Waals surface area (Å²) in [5.41, 5.74) is 1.31. The van der Waals surface area contributed by atoms with Crippen molar-refractivity contribution in [3.05, 3.63) is 27.3 Å². The van der Waals surface area contributed by atoms with E-state index in [1.54, 1.807) is 7.11 Å². The second-order valence-corrected chi connectivity index (χ2v) is 5.13. The number of halogens is 1. The van der Waals surface area contributed by atoms with Crippen LogP contribution in [0.1, 0.15) is 30.9 Å². The number of nitrogens with one attached hydrogen (secondary N) is 1. The fraction of sp³-hybridized carbons (Fsp3) is 0.500. The van der Waals surface area contributed by atoms with Crippen molar-refractivity contribution in [1.82, 2.24) is 5.32 Å². The molecule has 1 atom stereocenters. The van der Waals surface area contributed by atoms with Gasteiger partial charge < -0.3 is 10.1 Å². The molecule has 1 aliphatic rings. The average Bonchev–Trinajstić information content (AvgIpc) is 2.30. The Kier molecular flexibility index (Phi) is 3.86. The normalized spacial score (nSPS) is 21.3. The molecule has 1 saturated heterocycles. The maximum absolute atomic E-state index is 5.41. The first kappa shape index (κ1) is 11.2. The highest BCUT2D eigenvalue weighted by atomic mass is 127. The number of benzene rings is 1. The number of ether oxygens (including phenoxy) is 1. The smallest absolute Gasteiger partial charge is 0.123 e. The molecule has 0 unspecified atom stereocenters. The second-order valence-electron chi connectivity index (χ2n) is 3.89. The molecular formula is C12H16INO. The van der Waals surface area contributed by atoms with Gasteiger partial charge in [0.2, 0.25) is 0 Å². The van der Waals surface area contributed by atoms with Crippen LogP contribution in [0.15, 0.2) is 18.2 Å². The molecular weight excluding hydrogens is 301 g/mol. The number of piperidine rings is 1. The third-order valence-corrected chi connectivity index (χ3v) is 3.55. The number of rotatable bonds is 2. The van der Waals surface area contributed by atoms with Crippen LogP contribution in [-0.4, -0.2) is 13.7 Å². The van der Waals surface area contributed by atoms with Crippen molar-refractivity contribution >= 4 is 22.6 Å². The molecule has 15 heavy (non-hydrogen) atoms. The zero-order valence-electron chi connectivity index (χ0n) is 8.92. The second kappa shape index (κ2) is 5.16. The minimum atomic E-state index is 0.475. The summed E-state index contributed by atoms with van der Waals surface area (Å²) in [5.74, 6) is 1.01. The van der Waals surface area contributed by atoms with Gasteiger partial charge in [-0.1, -0.05) is 6.42 Å². The number of methoxy groups -OCH3 is 1. The van der Waals surface area contributed by atoms with E-state index in [4.69, 9.17) is 4.74 Å². The van der Waals surface area contributed by atoms with Crippen LogP contribution in [0.2, 0.25) is 0 Å². The first-order chi connectivity index (χ1) is 7.31. The predicted octanol–water partition coefficient (Wildman–Crippen LogP) is 3.11. The van der Waals surface area contributed by atoms with Crippen LogP contribution in [0.3, 0.4) is 0 Å². The van der Waals surface area contributed by atoms with E-state index in [0.717, 1.165) is 12.3 Å². The molecule has 1 aromatic rings. The predicted molar refractivity (Wildman–Crippen MR) is 70.3 cm³/mol. The molecule has 0 saturated carbocycles. The highest BCUT2D eigenvalue weighted by Crippen LogP contribution is 2.31. The van der Waals surface area contributed by atoms with Crippen molar-refractivity contribution in [1.29, 1.82) is 0 Å². The Morgan fingerprint density at radius 1 is 1.40 bits per heavy atom. The molecule has 0 radical (unpaired) electrons. The van der Waals surface area contributed by atoms with Crippen molar-refractivity contribution in [2.75, 3.05) is 13.7 Å². The topological polar surface area (TPSA) is 21.3 Å². The standard InChI is InChI=1S/C12H16INO/c1-15-12-6-5-9(13)8-10(12)11-4-2-3-7-14-11/h5-6,8,11,14H,2-4,7H2,1H3/t11-/m1/s1. The third kappa shape index (κ3) is 2.64. The quantitative estimate of drug-likeness (QED) is 0.846. The maximum atomic E-state index is 5.41. The summed E-state index contributed by atoms with van der Waals surface area (Å²) >= 11 is 2.35. The van der Waals surface area contributed by atoms with Crippen LogP contribution in [0.4, 0.5) is 0 Å². The van der Waals surface area contributed by atoms with Gasteiger partial charge in [0.1, 0.15) is 5.75 Å². The van der Waals surface area contributed by atoms with Gasteiger partial charge in [0, 0.05) is 15.2 Å². The van der Waals surface area contributed by atoms with E-state index in [1.807, 2.05) is 0 Å². The fourth-order valence-corrected chi connectivity index (χ4v) is 2.61. The zero-order chi connectivity index (χ0) is 10.7. The van der Waals surface area contributed by atoms with Gasteiger partial charge in [0.05, 0.1) is 7.11 Å². The molecule has 0 amide bonds. The van der Waals surface area contributed by atoms with Gasteiger partial charge in [0.15, 0.2) is 0 Å². The lowest BCUT2D eigenvalue weighted by atomic mass is 9.97. The van der Waals surface area contributed by atoms with Gasteiger partial charge in [-0.25, -0.2) is 0 Å². The molecule has 0 aliphatic carbocycles. The number of hydrogen-bond donors (Lipinski definition) is 1. The molecule has 0 aromatic heterocycles. The van der Waals surface area contributed by atoms with Gasteiger partial charge in [0.25, 0.3) is 0 Å². The molecule has 0 spiro atoms. The van der Waals surface area contributed by atoms with E-state index >= 15 is 0 Å². The van der Waals surface area contributed by atoms with Crippen molar-refractivity contribution in [3.63, 3.8) is 0 Å². The molecule has 1 aromatic carbocycles. The van der Waals surface area contributed by atoms with Gasteiger partial charge in [-0.3, -0.25) is 0 Å². The van der Waals surface area contributed by atoms with Crippen LogP contribution in [0.5, 0.6) is 5.75 Å². The highest BCUT2D eigenvalue weighted by molar-refractivity contribution is 14.1. The number of hydrogen-bond acceptors (Lipinski definition) is 2. The zero-order valence-corrected chi connectivity index (χ0v) is 11.1. The van der Waals surface area contributed by atoms with Gasteiger partial charge in [-0.2, -0.15) is 0 Å². The van der Waals surface area contributed by atoms with E-state index in [0.29, 0.717) is 6.04 Å². The minimum Gasteiger partial charge on any atom is -0.496 e. The van der Waals surface area contributed by atoms with Crippen LogP contribution in [0.25, 0.3) is 0 Å². The van der Waals surface area contributed by atoms with Crippen molar-refractivity contribution in [3.8, 4) is 5.75 Å².